The number of aromatic nitrogens is 2. The standard InChI is InChI=1S/C20H20ClFN2O6S/c1-12-15(20(21)24(23-12)14-7-8-31(27,28)11-14)4-6-19(26)30-10-17(25)13-3-5-18(29-2)16(22)9-13/h3-6,9,14H,7-8,10-11H2,1-2H3/b6-4+. The van der Waals surface area contributed by atoms with E-state index in [9.17, 15) is 22.4 Å². The van der Waals surface area contributed by atoms with Gasteiger partial charge in [-0.1, -0.05) is 11.6 Å². The van der Waals surface area contributed by atoms with Gasteiger partial charge in [-0.15, -0.1) is 0 Å². The second-order valence-electron chi connectivity index (χ2n) is 7.00. The van der Waals surface area contributed by atoms with E-state index in [2.05, 4.69) is 5.10 Å². The Morgan fingerprint density at radius 1 is 1.39 bits per heavy atom. The molecule has 1 aromatic carbocycles. The molecule has 1 fully saturated rings. The summed E-state index contributed by atoms with van der Waals surface area (Å²) in [7, 11) is -1.80. The van der Waals surface area contributed by atoms with Crippen molar-refractivity contribution >= 4 is 39.3 Å². The maximum absolute atomic E-state index is 13.7. The van der Waals surface area contributed by atoms with Gasteiger partial charge < -0.3 is 9.47 Å². The van der Waals surface area contributed by atoms with Crippen LogP contribution in [-0.2, 0) is 19.4 Å². The summed E-state index contributed by atoms with van der Waals surface area (Å²) in [6.07, 6.45) is 2.90. The molecule has 0 radical (unpaired) electrons. The van der Waals surface area contributed by atoms with E-state index in [0.717, 1.165) is 12.1 Å². The number of nitrogens with zero attached hydrogens (tertiary/aromatic N) is 2. The number of hydrogen-bond donors (Lipinski definition) is 0. The van der Waals surface area contributed by atoms with Crippen LogP contribution in [0.25, 0.3) is 6.08 Å². The van der Waals surface area contributed by atoms with Gasteiger partial charge in [0.15, 0.2) is 33.8 Å². The van der Waals surface area contributed by atoms with Gasteiger partial charge in [0.25, 0.3) is 0 Å². The van der Waals surface area contributed by atoms with Crippen LogP contribution in [0.5, 0.6) is 5.75 Å². The van der Waals surface area contributed by atoms with Crippen LogP contribution in [0.1, 0.15) is 34.1 Å². The first-order valence-electron chi connectivity index (χ1n) is 9.28. The lowest BCUT2D eigenvalue weighted by Gasteiger charge is -2.09. The lowest BCUT2D eigenvalue weighted by Crippen LogP contribution is -2.13. The second kappa shape index (κ2) is 9.19. The van der Waals surface area contributed by atoms with Crippen molar-refractivity contribution in [2.24, 2.45) is 0 Å². The van der Waals surface area contributed by atoms with Gasteiger partial charge in [-0.05, 0) is 37.6 Å². The molecule has 3 rings (SSSR count). The van der Waals surface area contributed by atoms with Crippen LogP contribution in [0.15, 0.2) is 24.3 Å². The Morgan fingerprint density at radius 2 is 2.13 bits per heavy atom. The van der Waals surface area contributed by atoms with Crippen molar-refractivity contribution in [3.63, 3.8) is 0 Å². The SMILES string of the molecule is COc1ccc(C(=O)COC(=O)/C=C/c2c(C)nn(C3CCS(=O)(=O)C3)c2Cl)cc1F. The van der Waals surface area contributed by atoms with E-state index in [4.69, 9.17) is 21.1 Å². The van der Waals surface area contributed by atoms with Gasteiger partial charge in [-0.2, -0.15) is 5.10 Å². The Morgan fingerprint density at radius 3 is 2.74 bits per heavy atom. The minimum Gasteiger partial charge on any atom is -0.494 e. The fourth-order valence-electron chi connectivity index (χ4n) is 3.19. The lowest BCUT2D eigenvalue weighted by atomic mass is 10.1. The molecular weight excluding hydrogens is 451 g/mol. The highest BCUT2D eigenvalue weighted by molar-refractivity contribution is 7.91. The number of sulfone groups is 1. The van der Waals surface area contributed by atoms with E-state index in [1.807, 2.05) is 0 Å². The van der Waals surface area contributed by atoms with Crippen molar-refractivity contribution in [2.45, 2.75) is 19.4 Å². The molecule has 0 aliphatic carbocycles. The molecule has 1 atom stereocenters. The highest BCUT2D eigenvalue weighted by atomic mass is 35.5. The Kier molecular flexibility index (Phi) is 6.80. The normalized spacial score (nSPS) is 17.7. The maximum Gasteiger partial charge on any atom is 0.331 e. The molecule has 1 aromatic heterocycles. The first-order chi connectivity index (χ1) is 14.6. The molecule has 1 aliphatic rings. The van der Waals surface area contributed by atoms with Crippen molar-refractivity contribution in [3.05, 3.63) is 52.1 Å². The van der Waals surface area contributed by atoms with Crippen LogP contribution >= 0.6 is 11.6 Å². The number of hydrogen-bond acceptors (Lipinski definition) is 7. The lowest BCUT2D eigenvalue weighted by molar-refractivity contribution is -0.136. The second-order valence-corrected chi connectivity index (χ2v) is 9.59. The first kappa shape index (κ1) is 23.0. The molecule has 166 valence electrons. The number of ether oxygens (including phenoxy) is 2. The summed E-state index contributed by atoms with van der Waals surface area (Å²) in [5.41, 5.74) is 1.01. The fourth-order valence-corrected chi connectivity index (χ4v) is 5.26. The van der Waals surface area contributed by atoms with Crippen molar-refractivity contribution < 1.29 is 31.9 Å². The fraction of sp³-hybridized carbons (Fsp3) is 0.350. The highest BCUT2D eigenvalue weighted by Gasteiger charge is 2.31. The summed E-state index contributed by atoms with van der Waals surface area (Å²) < 4.78 is 48.2. The minimum absolute atomic E-state index is 0.000485. The molecule has 0 amide bonds. The number of Topliss-reactive ketones (excluding diaryl/α,β-unsaturated/α-hetero) is 1. The summed E-state index contributed by atoms with van der Waals surface area (Å²) in [6, 6.07) is 3.33. The van der Waals surface area contributed by atoms with E-state index in [0.29, 0.717) is 17.7 Å². The molecule has 1 aliphatic heterocycles. The molecule has 8 nitrogen and oxygen atoms in total. The first-order valence-corrected chi connectivity index (χ1v) is 11.5. The van der Waals surface area contributed by atoms with Gasteiger partial charge in [-0.25, -0.2) is 22.3 Å². The van der Waals surface area contributed by atoms with Gasteiger partial charge in [0.2, 0.25) is 0 Å². The van der Waals surface area contributed by atoms with Crippen molar-refractivity contribution in [1.29, 1.82) is 0 Å². The van der Waals surface area contributed by atoms with Crippen molar-refractivity contribution in [1.82, 2.24) is 9.78 Å². The number of benzene rings is 1. The predicted molar refractivity (Wildman–Crippen MR) is 112 cm³/mol. The minimum atomic E-state index is -3.11. The zero-order valence-electron chi connectivity index (χ0n) is 16.8. The van der Waals surface area contributed by atoms with E-state index >= 15 is 0 Å². The van der Waals surface area contributed by atoms with E-state index in [-0.39, 0.29) is 34.0 Å². The number of carbonyl (C=O) groups is 2. The Labute approximate surface area is 183 Å². The summed E-state index contributed by atoms with van der Waals surface area (Å²) >= 11 is 6.34. The smallest absolute Gasteiger partial charge is 0.331 e. The molecule has 0 N–H and O–H groups in total. The molecule has 0 spiro atoms. The Balaban J connectivity index is 1.62. The van der Waals surface area contributed by atoms with Gasteiger partial charge in [0.1, 0.15) is 5.15 Å². The van der Waals surface area contributed by atoms with Gasteiger partial charge in [0.05, 0.1) is 30.4 Å². The zero-order chi connectivity index (χ0) is 22.8. The topological polar surface area (TPSA) is 105 Å². The number of methoxy groups -OCH3 is 1. The quantitative estimate of drug-likeness (QED) is 0.348. The van der Waals surface area contributed by atoms with Crippen LogP contribution in [0.3, 0.4) is 0 Å². The van der Waals surface area contributed by atoms with Crippen LogP contribution in [0, 0.1) is 12.7 Å². The van der Waals surface area contributed by atoms with E-state index in [1.54, 1.807) is 6.92 Å². The summed E-state index contributed by atoms with van der Waals surface area (Å²) in [4.78, 5) is 24.1. The monoisotopic (exact) mass is 470 g/mol. The largest absolute Gasteiger partial charge is 0.494 e. The summed E-state index contributed by atoms with van der Waals surface area (Å²) in [6.45, 7) is 1.11. The third kappa shape index (κ3) is 5.31. The number of aryl methyl sites for hydroxylation is 1. The molecule has 2 heterocycles. The van der Waals surface area contributed by atoms with Crippen LogP contribution in [0.2, 0.25) is 5.15 Å². The molecule has 31 heavy (non-hydrogen) atoms. The molecule has 1 unspecified atom stereocenters. The van der Waals surface area contributed by atoms with Crippen LogP contribution in [-0.4, -0.2) is 55.2 Å². The van der Waals surface area contributed by atoms with E-state index in [1.165, 1.54) is 30.0 Å². The number of halogens is 2. The highest BCUT2D eigenvalue weighted by Crippen LogP contribution is 2.30. The van der Waals surface area contributed by atoms with Gasteiger partial charge in [-0.3, -0.25) is 4.79 Å². The zero-order valence-corrected chi connectivity index (χ0v) is 18.4. The Hall–Kier alpha value is -2.72. The van der Waals surface area contributed by atoms with Crippen molar-refractivity contribution in [3.8, 4) is 5.75 Å². The number of esters is 1. The maximum atomic E-state index is 13.7. The summed E-state index contributed by atoms with van der Waals surface area (Å²) in [5, 5.41) is 4.51. The molecule has 2 aromatic rings. The predicted octanol–water partition coefficient (Wildman–Crippen LogP) is 2.79. The Bertz CT molecular complexity index is 1160. The molecule has 1 saturated heterocycles. The molecule has 11 heteroatoms. The van der Waals surface area contributed by atoms with Crippen LogP contribution in [0.4, 0.5) is 4.39 Å². The molecule has 0 saturated carbocycles. The third-order valence-electron chi connectivity index (χ3n) is 4.83. The molecule has 0 bridgehead atoms. The van der Waals surface area contributed by atoms with Gasteiger partial charge in [0, 0.05) is 17.2 Å². The third-order valence-corrected chi connectivity index (χ3v) is 6.96. The van der Waals surface area contributed by atoms with Gasteiger partial charge >= 0.3 is 5.97 Å². The number of carbonyl (C=O) groups excluding carboxylic acids is 2. The van der Waals surface area contributed by atoms with Crippen LogP contribution < -0.4 is 4.74 Å². The molecular formula is C20H20ClFN2O6S. The van der Waals surface area contributed by atoms with E-state index < -0.39 is 34.0 Å². The number of ketones is 1. The average molecular weight is 471 g/mol. The summed E-state index contributed by atoms with van der Waals surface area (Å²) in [5.74, 6) is -2.03. The average Bonchev–Trinajstić information content (AvgIpc) is 3.22. The van der Waals surface area contributed by atoms with Crippen molar-refractivity contribution in [2.75, 3.05) is 25.2 Å². The number of rotatable bonds is 7.